The summed E-state index contributed by atoms with van der Waals surface area (Å²) < 4.78 is 18.4. The summed E-state index contributed by atoms with van der Waals surface area (Å²) in [6.45, 7) is 2.20. The van der Waals surface area contributed by atoms with E-state index in [0.717, 1.165) is 30.8 Å². The molecule has 0 aromatic heterocycles. The molecule has 2 rings (SSSR count). The third-order valence-corrected chi connectivity index (χ3v) is 4.54. The summed E-state index contributed by atoms with van der Waals surface area (Å²) in [6, 6.07) is 6.69. The number of hydrogen-bond donors (Lipinski definition) is 1. The van der Waals surface area contributed by atoms with Gasteiger partial charge in [0.15, 0.2) is 0 Å². The maximum Gasteiger partial charge on any atom is 0.248 e. The Kier molecular flexibility index (Phi) is 7.80. The Morgan fingerprint density at radius 2 is 2.00 bits per heavy atom. The molecule has 26 heavy (non-hydrogen) atoms. The molecule has 1 amide bonds. The number of amides is 1. The van der Waals surface area contributed by atoms with Crippen molar-refractivity contribution in [3.8, 4) is 0 Å². The first kappa shape index (κ1) is 20.1. The molecular weight excluding hydrogens is 341 g/mol. The zero-order valence-corrected chi connectivity index (χ0v) is 14.8. The molecule has 1 heterocycles. The Labute approximate surface area is 151 Å². The van der Waals surface area contributed by atoms with E-state index in [9.17, 15) is 9.18 Å². The number of hydrogen-bond acceptors (Lipinski definition) is 5. The highest BCUT2D eigenvalue weighted by Gasteiger charge is 2.23. The van der Waals surface area contributed by atoms with E-state index in [1.807, 2.05) is 24.3 Å². The SMILES string of the molecule is CO[C@H](c1ccc(CN2CCN(C(=O)CO)CC2)cc1)[C@@H](CF)N=[N+]=[N-]. The van der Waals surface area contributed by atoms with Crippen molar-refractivity contribution in [1.82, 2.24) is 9.80 Å². The zero-order valence-electron chi connectivity index (χ0n) is 14.8. The number of nitrogens with zero attached hydrogens (tertiary/aromatic N) is 5. The standard InChI is InChI=1S/C17H24FN5O3/c1-26-17(15(10-18)20-21-19)14-4-2-13(3-5-14)11-22-6-8-23(9-7-22)16(25)12-24/h2-5,15,17,24H,6-12H2,1H3/t15-,17-/m1/s1. The van der Waals surface area contributed by atoms with Crippen LogP contribution < -0.4 is 0 Å². The third-order valence-electron chi connectivity index (χ3n) is 4.54. The Morgan fingerprint density at radius 1 is 1.35 bits per heavy atom. The first-order valence-electron chi connectivity index (χ1n) is 8.45. The fourth-order valence-electron chi connectivity index (χ4n) is 3.08. The van der Waals surface area contributed by atoms with Crippen molar-refractivity contribution < 1.29 is 19.0 Å². The number of methoxy groups -OCH3 is 1. The van der Waals surface area contributed by atoms with Crippen LogP contribution in [0.5, 0.6) is 0 Å². The van der Waals surface area contributed by atoms with Gasteiger partial charge in [-0.2, -0.15) is 0 Å². The second kappa shape index (κ2) is 10.1. The molecule has 142 valence electrons. The van der Waals surface area contributed by atoms with E-state index in [4.69, 9.17) is 15.4 Å². The molecule has 8 nitrogen and oxygen atoms in total. The molecule has 0 aliphatic carbocycles. The van der Waals surface area contributed by atoms with Gasteiger partial charge in [0.1, 0.15) is 13.3 Å². The lowest BCUT2D eigenvalue weighted by atomic mass is 10.0. The smallest absolute Gasteiger partial charge is 0.248 e. The Bertz CT molecular complexity index is 628. The summed E-state index contributed by atoms with van der Waals surface area (Å²) >= 11 is 0. The predicted octanol–water partition coefficient (Wildman–Crippen LogP) is 1.66. The number of benzene rings is 1. The van der Waals surface area contributed by atoms with Gasteiger partial charge in [0.2, 0.25) is 5.91 Å². The van der Waals surface area contributed by atoms with E-state index in [-0.39, 0.29) is 5.91 Å². The quantitative estimate of drug-likeness (QED) is 0.430. The predicted molar refractivity (Wildman–Crippen MR) is 94.0 cm³/mol. The minimum atomic E-state index is -0.895. The van der Waals surface area contributed by atoms with Gasteiger partial charge in [-0.1, -0.05) is 29.4 Å². The monoisotopic (exact) mass is 365 g/mol. The van der Waals surface area contributed by atoms with Crippen molar-refractivity contribution in [2.24, 2.45) is 5.11 Å². The Balaban J connectivity index is 1.95. The molecule has 0 spiro atoms. The van der Waals surface area contributed by atoms with Crippen molar-refractivity contribution in [1.29, 1.82) is 0 Å². The van der Waals surface area contributed by atoms with Gasteiger partial charge >= 0.3 is 0 Å². The van der Waals surface area contributed by atoms with Crippen molar-refractivity contribution in [3.63, 3.8) is 0 Å². The van der Waals surface area contributed by atoms with Crippen molar-refractivity contribution in [3.05, 3.63) is 45.8 Å². The number of azide groups is 1. The molecular formula is C17H24FN5O3. The normalized spacial score (nSPS) is 17.4. The van der Waals surface area contributed by atoms with E-state index >= 15 is 0 Å². The van der Waals surface area contributed by atoms with Crippen LogP contribution in [0.2, 0.25) is 0 Å². The highest BCUT2D eigenvalue weighted by molar-refractivity contribution is 5.77. The zero-order chi connectivity index (χ0) is 18.9. The molecule has 0 unspecified atom stereocenters. The van der Waals surface area contributed by atoms with Crippen molar-refractivity contribution >= 4 is 5.91 Å². The Hall–Kier alpha value is -2.19. The topological polar surface area (TPSA) is 102 Å². The minimum Gasteiger partial charge on any atom is -0.387 e. The second-order valence-corrected chi connectivity index (χ2v) is 6.14. The number of alkyl halides is 1. The van der Waals surface area contributed by atoms with E-state index in [0.29, 0.717) is 13.1 Å². The first-order valence-corrected chi connectivity index (χ1v) is 8.45. The van der Waals surface area contributed by atoms with E-state index in [1.54, 1.807) is 4.90 Å². The molecule has 1 N–H and O–H groups in total. The van der Waals surface area contributed by atoms with Crippen LogP contribution in [-0.2, 0) is 16.1 Å². The number of piperazine rings is 1. The van der Waals surface area contributed by atoms with Crippen LogP contribution in [0.1, 0.15) is 17.2 Å². The fourth-order valence-corrected chi connectivity index (χ4v) is 3.08. The van der Waals surface area contributed by atoms with Crippen LogP contribution in [-0.4, -0.2) is 73.4 Å². The number of ether oxygens (including phenoxy) is 1. The highest BCUT2D eigenvalue weighted by Crippen LogP contribution is 2.24. The van der Waals surface area contributed by atoms with Crippen molar-refractivity contribution in [2.45, 2.75) is 18.7 Å². The summed E-state index contributed by atoms with van der Waals surface area (Å²) in [6.07, 6.45) is -0.627. The van der Waals surface area contributed by atoms with Crippen LogP contribution in [0.25, 0.3) is 10.4 Å². The van der Waals surface area contributed by atoms with Gasteiger partial charge in [0, 0.05) is 44.7 Å². The van der Waals surface area contributed by atoms with Gasteiger partial charge < -0.3 is 14.7 Å². The average Bonchev–Trinajstić information content (AvgIpc) is 2.69. The molecule has 1 aliphatic rings. The van der Waals surface area contributed by atoms with Crippen LogP contribution in [0, 0.1) is 0 Å². The van der Waals surface area contributed by atoms with Gasteiger partial charge in [0.25, 0.3) is 0 Å². The maximum atomic E-state index is 13.1. The van der Waals surface area contributed by atoms with Crippen molar-refractivity contribution in [2.75, 3.05) is 46.6 Å². The van der Waals surface area contributed by atoms with E-state index in [1.165, 1.54) is 7.11 Å². The lowest BCUT2D eigenvalue weighted by Crippen LogP contribution is -2.49. The third kappa shape index (κ3) is 5.15. The molecule has 1 fully saturated rings. The summed E-state index contributed by atoms with van der Waals surface area (Å²) in [5, 5.41) is 12.4. The van der Waals surface area contributed by atoms with Gasteiger partial charge in [-0.05, 0) is 16.7 Å². The molecule has 0 radical (unpaired) electrons. The first-order chi connectivity index (χ1) is 12.6. The molecule has 0 bridgehead atoms. The average molecular weight is 365 g/mol. The van der Waals surface area contributed by atoms with Gasteiger partial charge in [-0.3, -0.25) is 14.1 Å². The molecule has 1 aromatic carbocycles. The summed E-state index contributed by atoms with van der Waals surface area (Å²) in [5.74, 6) is -0.234. The van der Waals surface area contributed by atoms with Crippen LogP contribution >= 0.6 is 0 Å². The van der Waals surface area contributed by atoms with Gasteiger partial charge in [-0.15, -0.1) is 0 Å². The highest BCUT2D eigenvalue weighted by atomic mass is 19.1. The fraction of sp³-hybridized carbons (Fsp3) is 0.588. The lowest BCUT2D eigenvalue weighted by Gasteiger charge is -2.34. The molecule has 9 heteroatoms. The number of halogens is 1. The number of carbonyl (C=O) groups excluding carboxylic acids is 1. The number of rotatable bonds is 8. The molecule has 1 aromatic rings. The molecule has 1 saturated heterocycles. The van der Waals surface area contributed by atoms with Crippen LogP contribution in [0.15, 0.2) is 29.4 Å². The van der Waals surface area contributed by atoms with Crippen LogP contribution in [0.4, 0.5) is 4.39 Å². The summed E-state index contributed by atoms with van der Waals surface area (Å²) in [5.41, 5.74) is 10.4. The maximum absolute atomic E-state index is 13.1. The number of aliphatic hydroxyl groups excluding tert-OH is 1. The van der Waals surface area contributed by atoms with Crippen LogP contribution in [0.3, 0.4) is 0 Å². The molecule has 0 saturated carbocycles. The van der Waals surface area contributed by atoms with E-state index in [2.05, 4.69) is 14.9 Å². The number of aliphatic hydroxyl groups is 1. The minimum absolute atomic E-state index is 0.234. The van der Waals surface area contributed by atoms with Gasteiger partial charge in [0.05, 0.1) is 12.1 Å². The Morgan fingerprint density at radius 3 is 2.50 bits per heavy atom. The summed E-state index contributed by atoms with van der Waals surface area (Å²) in [4.78, 5) is 18.0. The largest absolute Gasteiger partial charge is 0.387 e. The second-order valence-electron chi connectivity index (χ2n) is 6.14. The lowest BCUT2D eigenvalue weighted by molar-refractivity contribution is -0.135. The molecule has 1 aliphatic heterocycles. The number of carbonyl (C=O) groups is 1. The molecule has 2 atom stereocenters. The van der Waals surface area contributed by atoms with Gasteiger partial charge in [-0.25, -0.2) is 0 Å². The van der Waals surface area contributed by atoms with E-state index < -0.39 is 25.4 Å². The summed E-state index contributed by atoms with van der Waals surface area (Å²) in [7, 11) is 1.46.